The molecule has 0 aliphatic rings. The highest BCUT2D eigenvalue weighted by atomic mass is 32.2. The van der Waals surface area contributed by atoms with E-state index in [0.717, 1.165) is 6.26 Å². The second kappa shape index (κ2) is 7.17. The minimum Gasteiger partial charge on any atom is -0.313 e. The van der Waals surface area contributed by atoms with E-state index >= 15 is 0 Å². The Kier molecular flexibility index (Phi) is 7.03. The molecule has 0 aromatic carbocycles. The third-order valence-electron chi connectivity index (χ3n) is 2.08. The standard InChI is InChI=1S/C9H19F3N2O2S/c1-8(4-3-5-9(10,11)12)13-6-7-14-17(2,15)16/h8,13-14H,3-7H2,1-2H3. The second-order valence-corrected chi connectivity index (χ2v) is 5.86. The van der Waals surface area contributed by atoms with Crippen molar-refractivity contribution in [2.24, 2.45) is 0 Å². The lowest BCUT2D eigenvalue weighted by atomic mass is 10.1. The molecule has 0 aromatic heterocycles. The van der Waals surface area contributed by atoms with Gasteiger partial charge in [-0.15, -0.1) is 0 Å². The van der Waals surface area contributed by atoms with E-state index in [2.05, 4.69) is 10.0 Å². The van der Waals surface area contributed by atoms with Gasteiger partial charge in [0.05, 0.1) is 6.26 Å². The smallest absolute Gasteiger partial charge is 0.313 e. The molecule has 1 atom stereocenters. The molecule has 0 radical (unpaired) electrons. The number of sulfonamides is 1. The summed E-state index contributed by atoms with van der Waals surface area (Å²) >= 11 is 0. The highest BCUT2D eigenvalue weighted by Crippen LogP contribution is 2.22. The molecule has 0 aliphatic heterocycles. The van der Waals surface area contributed by atoms with Gasteiger partial charge in [-0.3, -0.25) is 0 Å². The fourth-order valence-electron chi connectivity index (χ4n) is 1.27. The topological polar surface area (TPSA) is 58.2 Å². The van der Waals surface area contributed by atoms with Crippen LogP contribution in [0.4, 0.5) is 13.2 Å². The van der Waals surface area contributed by atoms with E-state index in [9.17, 15) is 21.6 Å². The molecule has 0 fully saturated rings. The maximum absolute atomic E-state index is 11.8. The van der Waals surface area contributed by atoms with Crippen molar-refractivity contribution < 1.29 is 21.6 Å². The first-order chi connectivity index (χ1) is 7.60. The Bertz CT molecular complexity index is 304. The van der Waals surface area contributed by atoms with E-state index in [1.54, 1.807) is 6.92 Å². The lowest BCUT2D eigenvalue weighted by Gasteiger charge is -2.14. The summed E-state index contributed by atoms with van der Waals surface area (Å²) in [5, 5.41) is 2.95. The van der Waals surface area contributed by atoms with Gasteiger partial charge >= 0.3 is 6.18 Å². The van der Waals surface area contributed by atoms with Crippen molar-refractivity contribution >= 4 is 10.0 Å². The van der Waals surface area contributed by atoms with Gasteiger partial charge in [-0.25, -0.2) is 13.1 Å². The van der Waals surface area contributed by atoms with Crippen molar-refractivity contribution in [1.29, 1.82) is 0 Å². The second-order valence-electron chi connectivity index (χ2n) is 4.03. The predicted octanol–water partition coefficient (Wildman–Crippen LogP) is 1.25. The Labute approximate surface area is 100 Å². The van der Waals surface area contributed by atoms with Gasteiger partial charge < -0.3 is 5.32 Å². The van der Waals surface area contributed by atoms with Crippen LogP contribution < -0.4 is 10.0 Å². The van der Waals surface area contributed by atoms with Crippen LogP contribution in [0.5, 0.6) is 0 Å². The van der Waals surface area contributed by atoms with Gasteiger partial charge in [-0.1, -0.05) is 0 Å². The summed E-state index contributed by atoms with van der Waals surface area (Å²) < 4.78 is 59.2. The zero-order chi connectivity index (χ0) is 13.5. The maximum Gasteiger partial charge on any atom is 0.389 e. The quantitative estimate of drug-likeness (QED) is 0.656. The lowest BCUT2D eigenvalue weighted by Crippen LogP contribution is -2.35. The molecule has 0 rings (SSSR count). The van der Waals surface area contributed by atoms with Crippen molar-refractivity contribution in [3.63, 3.8) is 0 Å². The summed E-state index contributed by atoms with van der Waals surface area (Å²) in [6.45, 7) is 2.42. The van der Waals surface area contributed by atoms with E-state index < -0.39 is 22.6 Å². The van der Waals surface area contributed by atoms with Crippen molar-refractivity contribution in [3.8, 4) is 0 Å². The molecule has 2 N–H and O–H groups in total. The average molecular weight is 276 g/mol. The molecule has 104 valence electrons. The normalized spacial score (nSPS) is 14.9. The van der Waals surface area contributed by atoms with Gasteiger partial charge in [0.25, 0.3) is 0 Å². The number of hydrogen-bond donors (Lipinski definition) is 2. The van der Waals surface area contributed by atoms with E-state index in [1.165, 1.54) is 0 Å². The van der Waals surface area contributed by atoms with Crippen LogP contribution in [0, 0.1) is 0 Å². The van der Waals surface area contributed by atoms with Gasteiger partial charge in [0.15, 0.2) is 0 Å². The number of halogens is 3. The van der Waals surface area contributed by atoms with E-state index in [4.69, 9.17) is 0 Å². The first kappa shape index (κ1) is 16.7. The summed E-state index contributed by atoms with van der Waals surface area (Å²) in [7, 11) is -3.20. The van der Waals surface area contributed by atoms with E-state index in [1.807, 2.05) is 0 Å². The molecular formula is C9H19F3N2O2S. The molecule has 0 aliphatic carbocycles. The number of alkyl halides is 3. The van der Waals surface area contributed by atoms with Crippen LogP contribution >= 0.6 is 0 Å². The Hall–Kier alpha value is -0.340. The van der Waals surface area contributed by atoms with Gasteiger partial charge in [0.2, 0.25) is 10.0 Å². The highest BCUT2D eigenvalue weighted by Gasteiger charge is 2.26. The molecule has 0 bridgehead atoms. The van der Waals surface area contributed by atoms with Crippen molar-refractivity contribution in [2.75, 3.05) is 19.3 Å². The van der Waals surface area contributed by atoms with E-state index in [0.29, 0.717) is 13.0 Å². The summed E-state index contributed by atoms with van der Waals surface area (Å²) in [6, 6.07) is -0.0567. The van der Waals surface area contributed by atoms with Crippen LogP contribution in [0.25, 0.3) is 0 Å². The van der Waals surface area contributed by atoms with Crippen LogP contribution in [0.3, 0.4) is 0 Å². The zero-order valence-corrected chi connectivity index (χ0v) is 10.8. The fourth-order valence-corrected chi connectivity index (χ4v) is 1.74. The highest BCUT2D eigenvalue weighted by molar-refractivity contribution is 7.88. The first-order valence-electron chi connectivity index (χ1n) is 5.35. The molecule has 4 nitrogen and oxygen atoms in total. The van der Waals surface area contributed by atoms with E-state index in [-0.39, 0.29) is 19.0 Å². The minimum absolute atomic E-state index is 0.0567. The third-order valence-corrected chi connectivity index (χ3v) is 2.81. The summed E-state index contributed by atoms with van der Waals surface area (Å²) in [6.07, 6.45) is -3.33. The Morgan fingerprint density at radius 2 is 1.82 bits per heavy atom. The third kappa shape index (κ3) is 13.6. The van der Waals surface area contributed by atoms with Crippen molar-refractivity contribution in [3.05, 3.63) is 0 Å². The SMILES string of the molecule is CC(CCCC(F)(F)F)NCCNS(C)(=O)=O. The van der Waals surface area contributed by atoms with Gasteiger partial charge in [-0.05, 0) is 19.8 Å². The van der Waals surface area contributed by atoms with Crippen LogP contribution in [0.15, 0.2) is 0 Å². The molecule has 0 heterocycles. The Morgan fingerprint density at radius 3 is 2.29 bits per heavy atom. The molecule has 1 unspecified atom stereocenters. The summed E-state index contributed by atoms with van der Waals surface area (Å²) in [4.78, 5) is 0. The average Bonchev–Trinajstić information content (AvgIpc) is 2.09. The summed E-state index contributed by atoms with van der Waals surface area (Å²) in [5.74, 6) is 0. The molecule has 0 aromatic rings. The largest absolute Gasteiger partial charge is 0.389 e. The molecule has 0 spiro atoms. The number of nitrogens with one attached hydrogen (secondary N) is 2. The monoisotopic (exact) mass is 276 g/mol. The minimum atomic E-state index is -4.10. The Balaban J connectivity index is 3.51. The van der Waals surface area contributed by atoms with Crippen LogP contribution in [0.2, 0.25) is 0 Å². The maximum atomic E-state index is 11.8. The molecule has 17 heavy (non-hydrogen) atoms. The van der Waals surface area contributed by atoms with Gasteiger partial charge in [-0.2, -0.15) is 13.2 Å². The summed E-state index contributed by atoms with van der Waals surface area (Å²) in [5.41, 5.74) is 0. The van der Waals surface area contributed by atoms with Crippen molar-refractivity contribution in [2.45, 2.75) is 38.4 Å². The zero-order valence-electron chi connectivity index (χ0n) is 9.97. The van der Waals surface area contributed by atoms with Gasteiger partial charge in [0.1, 0.15) is 0 Å². The van der Waals surface area contributed by atoms with Crippen LogP contribution in [0.1, 0.15) is 26.2 Å². The molecule has 0 saturated heterocycles. The number of hydrogen-bond acceptors (Lipinski definition) is 3. The fraction of sp³-hybridized carbons (Fsp3) is 1.00. The van der Waals surface area contributed by atoms with Crippen molar-refractivity contribution in [1.82, 2.24) is 10.0 Å². The molecule has 0 saturated carbocycles. The van der Waals surface area contributed by atoms with Crippen LogP contribution in [-0.2, 0) is 10.0 Å². The Morgan fingerprint density at radius 1 is 1.24 bits per heavy atom. The molecular weight excluding hydrogens is 257 g/mol. The van der Waals surface area contributed by atoms with Crippen LogP contribution in [-0.4, -0.2) is 40.0 Å². The predicted molar refractivity (Wildman–Crippen MR) is 60.2 cm³/mol. The number of rotatable bonds is 8. The lowest BCUT2D eigenvalue weighted by molar-refractivity contribution is -0.135. The molecule has 0 amide bonds. The molecule has 8 heteroatoms. The van der Waals surface area contributed by atoms with Gasteiger partial charge in [0, 0.05) is 25.6 Å². The first-order valence-corrected chi connectivity index (χ1v) is 7.24.